The van der Waals surface area contributed by atoms with Gasteiger partial charge in [-0.2, -0.15) is 0 Å². The molecule has 0 aliphatic rings. The molecule has 4 aromatic heterocycles. The van der Waals surface area contributed by atoms with Crippen LogP contribution in [0.3, 0.4) is 0 Å². The van der Waals surface area contributed by atoms with Crippen LogP contribution in [0.15, 0.2) is 83.5 Å². The number of rotatable bonds is 5. The summed E-state index contributed by atoms with van der Waals surface area (Å²) in [5, 5.41) is 13.7. The molecule has 7 heteroatoms. The van der Waals surface area contributed by atoms with E-state index in [4.69, 9.17) is 14.1 Å². The van der Waals surface area contributed by atoms with E-state index in [-0.39, 0.29) is 41.2 Å². The number of carboxylic acid groups (broad SMARTS) is 1. The van der Waals surface area contributed by atoms with E-state index in [1.54, 1.807) is 6.07 Å². The summed E-state index contributed by atoms with van der Waals surface area (Å²) in [5.41, 5.74) is 5.50. The third-order valence-electron chi connectivity index (χ3n) is 6.75. The summed E-state index contributed by atoms with van der Waals surface area (Å²) >= 11 is 0. The van der Waals surface area contributed by atoms with Crippen LogP contribution in [0.25, 0.3) is 38.8 Å². The number of pyridine rings is 2. The number of aromatic nitrogens is 2. The van der Waals surface area contributed by atoms with Crippen molar-refractivity contribution in [3.63, 3.8) is 0 Å². The molecule has 37 heavy (non-hydrogen) atoms. The molecule has 0 aliphatic carbocycles. The average molecular weight is 499 g/mol. The fraction of sp³-hybridized carbons (Fsp3) is 0.133. The van der Waals surface area contributed by atoms with Gasteiger partial charge in [-0.05, 0) is 74.4 Å². The number of carbonyl (C=O) groups is 1. The topological polar surface area (TPSA) is 79.8 Å². The van der Waals surface area contributed by atoms with Gasteiger partial charge in [0.05, 0.1) is 16.9 Å². The van der Waals surface area contributed by atoms with Crippen LogP contribution in [0, 0.1) is 13.8 Å². The Morgan fingerprint density at radius 2 is 1.84 bits per heavy atom. The second kappa shape index (κ2) is 9.71. The van der Waals surface area contributed by atoms with E-state index in [9.17, 15) is 9.90 Å². The van der Waals surface area contributed by atoms with Gasteiger partial charge in [0.1, 0.15) is 23.1 Å². The fourth-order valence-electron chi connectivity index (χ4n) is 4.80. The zero-order chi connectivity index (χ0) is 25.0. The molecule has 2 aromatic carbocycles. The summed E-state index contributed by atoms with van der Waals surface area (Å²) in [5.74, 6) is -0.312. The molecule has 0 amide bonds. The van der Waals surface area contributed by atoms with Crippen molar-refractivity contribution in [2.75, 3.05) is 0 Å². The number of para-hydroxylation sites is 1. The van der Waals surface area contributed by atoms with E-state index in [2.05, 4.69) is 6.07 Å². The predicted octanol–water partition coefficient (Wildman–Crippen LogP) is 3.03. The first-order valence-electron chi connectivity index (χ1n) is 11.8. The molecule has 0 unspecified atom stereocenters. The Balaban J connectivity index is 0.00000280. The fourth-order valence-corrected chi connectivity index (χ4v) is 4.80. The predicted molar refractivity (Wildman–Crippen MR) is 137 cm³/mol. The van der Waals surface area contributed by atoms with E-state index in [0.717, 1.165) is 33.2 Å². The van der Waals surface area contributed by atoms with Crippen molar-refractivity contribution in [2.24, 2.45) is 0 Å². The van der Waals surface area contributed by atoms with E-state index in [1.165, 1.54) is 6.07 Å². The summed E-state index contributed by atoms with van der Waals surface area (Å²) < 4.78 is 14.4. The van der Waals surface area contributed by atoms with Gasteiger partial charge in [-0.3, -0.25) is 0 Å². The van der Waals surface area contributed by atoms with Gasteiger partial charge in [0.25, 0.3) is 0 Å². The van der Waals surface area contributed by atoms with Gasteiger partial charge >= 0.3 is 29.6 Å². The molecule has 0 spiro atoms. The quantitative estimate of drug-likeness (QED) is 0.342. The molecule has 6 rings (SSSR count). The SMILES string of the molecule is Cc1c(-c2cc(C(=O)[O-])c3c(O[C@H](C)c4ccn5cccc5c4)ccc(C)c3n2)oc2ccccc12.[Na+]. The molecule has 4 heterocycles. The first-order chi connectivity index (χ1) is 17.4. The summed E-state index contributed by atoms with van der Waals surface area (Å²) in [6.07, 6.45) is 3.65. The molecule has 178 valence electrons. The Kier molecular flexibility index (Phi) is 6.58. The van der Waals surface area contributed by atoms with Gasteiger partial charge in [-0.25, -0.2) is 4.98 Å². The maximum Gasteiger partial charge on any atom is 1.00 e. The number of ether oxygens (including phenoxy) is 1. The molecule has 6 nitrogen and oxygen atoms in total. The van der Waals surface area contributed by atoms with Crippen molar-refractivity contribution in [1.82, 2.24) is 9.38 Å². The third kappa shape index (κ3) is 4.31. The Morgan fingerprint density at radius 1 is 1.03 bits per heavy atom. The van der Waals surface area contributed by atoms with Gasteiger partial charge < -0.3 is 23.5 Å². The van der Waals surface area contributed by atoms with Crippen molar-refractivity contribution >= 4 is 33.4 Å². The van der Waals surface area contributed by atoms with Crippen LogP contribution in [0.5, 0.6) is 5.75 Å². The van der Waals surface area contributed by atoms with Crippen molar-refractivity contribution in [1.29, 1.82) is 0 Å². The number of benzene rings is 2. The minimum atomic E-state index is -1.30. The molecule has 0 saturated heterocycles. The zero-order valence-corrected chi connectivity index (χ0v) is 23.1. The van der Waals surface area contributed by atoms with Gasteiger partial charge in [-0.15, -0.1) is 0 Å². The first-order valence-corrected chi connectivity index (χ1v) is 11.8. The number of nitrogens with zero attached hydrogens (tertiary/aromatic N) is 2. The number of hydrogen-bond acceptors (Lipinski definition) is 5. The molecule has 0 radical (unpaired) electrons. The molecular weight excluding hydrogens is 475 g/mol. The summed E-state index contributed by atoms with van der Waals surface area (Å²) in [4.78, 5) is 17.2. The second-order valence-electron chi connectivity index (χ2n) is 9.06. The van der Waals surface area contributed by atoms with Gasteiger partial charge in [0.15, 0.2) is 5.76 Å². The molecule has 1 atom stereocenters. The monoisotopic (exact) mass is 498 g/mol. The molecule has 0 bridgehead atoms. The van der Waals surface area contributed by atoms with Crippen LogP contribution in [0.2, 0.25) is 0 Å². The third-order valence-corrected chi connectivity index (χ3v) is 6.75. The Bertz CT molecular complexity index is 1800. The molecule has 0 aliphatic heterocycles. The maximum absolute atomic E-state index is 12.4. The number of aryl methyl sites for hydroxylation is 2. The number of aromatic carboxylic acids is 1. The summed E-state index contributed by atoms with van der Waals surface area (Å²) in [6, 6.07) is 21.0. The van der Waals surface area contributed by atoms with E-state index in [1.807, 2.05) is 86.1 Å². The number of fused-ring (bicyclic) bond motifs is 3. The van der Waals surface area contributed by atoms with E-state index in [0.29, 0.717) is 28.1 Å². The second-order valence-corrected chi connectivity index (χ2v) is 9.06. The molecule has 0 saturated carbocycles. The van der Waals surface area contributed by atoms with Crippen LogP contribution in [-0.4, -0.2) is 15.4 Å². The van der Waals surface area contributed by atoms with Crippen molar-refractivity contribution < 1.29 is 48.6 Å². The average Bonchev–Trinajstić information content (AvgIpc) is 3.49. The minimum absolute atomic E-state index is 0. The number of furan rings is 1. The molecule has 6 aromatic rings. The van der Waals surface area contributed by atoms with E-state index < -0.39 is 5.97 Å². The number of carboxylic acids is 1. The Labute approximate surface area is 235 Å². The normalized spacial score (nSPS) is 12.1. The van der Waals surface area contributed by atoms with Gasteiger partial charge in [0.2, 0.25) is 0 Å². The molecule has 0 fully saturated rings. The largest absolute Gasteiger partial charge is 1.00 e. The van der Waals surface area contributed by atoms with Gasteiger partial charge in [-0.1, -0.05) is 24.3 Å². The summed E-state index contributed by atoms with van der Waals surface area (Å²) in [6.45, 7) is 5.79. The van der Waals surface area contributed by atoms with Crippen molar-refractivity contribution in [3.8, 4) is 17.2 Å². The van der Waals surface area contributed by atoms with Crippen LogP contribution in [0.1, 0.15) is 40.1 Å². The van der Waals surface area contributed by atoms with Crippen molar-refractivity contribution in [3.05, 3.63) is 101 Å². The van der Waals surface area contributed by atoms with Gasteiger partial charge in [0, 0.05) is 34.4 Å². The number of carbonyl (C=O) groups excluding carboxylic acids is 1. The van der Waals surface area contributed by atoms with E-state index >= 15 is 0 Å². The standard InChI is InChI=1S/C30H24N2O4.Na/c1-17-10-11-26(35-19(3)20-12-14-32-13-6-7-21(32)15-20)27-23(30(33)34)16-24(31-28(17)27)29-18(2)22-8-4-5-9-25(22)36-29;/h4-16,19H,1-3H3,(H,33,34);/q;+1/p-1/t19-;/m1./s1. The minimum Gasteiger partial charge on any atom is -0.545 e. The van der Waals surface area contributed by atoms with Crippen LogP contribution in [-0.2, 0) is 0 Å². The zero-order valence-electron chi connectivity index (χ0n) is 21.1. The van der Waals surface area contributed by atoms with Crippen LogP contribution < -0.4 is 39.4 Å². The van der Waals surface area contributed by atoms with Crippen molar-refractivity contribution in [2.45, 2.75) is 26.9 Å². The molecular formula is C30H23N2NaO4. The first kappa shape index (κ1) is 25.1. The maximum atomic E-state index is 12.4. The van der Waals surface area contributed by atoms with Crippen LogP contribution >= 0.6 is 0 Å². The number of hydrogen-bond donors (Lipinski definition) is 0. The Hall–Kier alpha value is -3.58. The Morgan fingerprint density at radius 3 is 2.62 bits per heavy atom. The summed E-state index contributed by atoms with van der Waals surface area (Å²) in [7, 11) is 0. The molecule has 0 N–H and O–H groups in total. The smallest absolute Gasteiger partial charge is 0.545 e. The van der Waals surface area contributed by atoms with Crippen LogP contribution in [0.4, 0.5) is 0 Å².